The third kappa shape index (κ3) is 13.0. The van der Waals surface area contributed by atoms with E-state index >= 15 is 0 Å². The number of rotatable bonds is 11. The van der Waals surface area contributed by atoms with Crippen LogP contribution in [0, 0.1) is 12.7 Å². The van der Waals surface area contributed by atoms with Gasteiger partial charge in [0, 0.05) is 31.4 Å². The lowest BCUT2D eigenvalue weighted by Crippen LogP contribution is -2.48. The van der Waals surface area contributed by atoms with Crippen molar-refractivity contribution in [2.45, 2.75) is 66.5 Å². The Balaban J connectivity index is 0.00000127. The van der Waals surface area contributed by atoms with Crippen molar-refractivity contribution >= 4 is 23.9 Å². The number of carbonyl (C=O) groups excluding carboxylic acids is 3. The van der Waals surface area contributed by atoms with Crippen molar-refractivity contribution in [3.63, 3.8) is 0 Å². The summed E-state index contributed by atoms with van der Waals surface area (Å²) in [5.74, 6) is -0.0213. The highest BCUT2D eigenvalue weighted by Gasteiger charge is 2.22. The number of amides is 3. The molecular formula is C35H47FN4O4. The van der Waals surface area contributed by atoms with Gasteiger partial charge >= 0.3 is 0 Å². The highest BCUT2D eigenvalue weighted by molar-refractivity contribution is 5.94. The molecule has 3 aromatic carbocycles. The molecule has 3 aromatic rings. The lowest BCUT2D eigenvalue weighted by atomic mass is 10.0. The first kappa shape index (κ1) is 36.0. The third-order valence-corrected chi connectivity index (χ3v) is 6.57. The Hall–Kier alpha value is -4.24. The van der Waals surface area contributed by atoms with Gasteiger partial charge in [-0.1, -0.05) is 64.4 Å². The van der Waals surface area contributed by atoms with Gasteiger partial charge in [-0.15, -0.1) is 0 Å². The van der Waals surface area contributed by atoms with Crippen molar-refractivity contribution in [1.82, 2.24) is 15.1 Å². The normalized spacial score (nSPS) is 12.9. The Bertz CT molecular complexity index is 1280. The molecule has 44 heavy (non-hydrogen) atoms. The monoisotopic (exact) mass is 606 g/mol. The second-order valence-electron chi connectivity index (χ2n) is 10.4. The molecule has 0 aliphatic carbocycles. The molecule has 0 saturated carbocycles. The maximum absolute atomic E-state index is 13.1. The summed E-state index contributed by atoms with van der Waals surface area (Å²) in [5.41, 5.74) is 2.57. The van der Waals surface area contributed by atoms with E-state index in [1.807, 2.05) is 39.0 Å². The first-order valence-corrected chi connectivity index (χ1v) is 15.4. The summed E-state index contributed by atoms with van der Waals surface area (Å²) < 4.78 is 18.8. The number of anilines is 1. The number of likely N-dealkylation sites (tertiary alicyclic amines) is 1. The van der Waals surface area contributed by atoms with Gasteiger partial charge in [-0.05, 0) is 73.4 Å². The molecule has 8 nitrogen and oxygen atoms in total. The van der Waals surface area contributed by atoms with Crippen LogP contribution in [0.25, 0.3) is 0 Å². The van der Waals surface area contributed by atoms with Crippen molar-refractivity contribution in [3.8, 4) is 11.5 Å². The Morgan fingerprint density at radius 2 is 1.52 bits per heavy atom. The predicted octanol–water partition coefficient (Wildman–Crippen LogP) is 6.55. The lowest BCUT2D eigenvalue weighted by molar-refractivity contribution is -0.131. The molecule has 1 saturated heterocycles. The smallest absolute Gasteiger partial charge is 0.244 e. The van der Waals surface area contributed by atoms with Crippen LogP contribution in [0.5, 0.6) is 11.5 Å². The van der Waals surface area contributed by atoms with Gasteiger partial charge in [0.15, 0.2) is 0 Å². The van der Waals surface area contributed by atoms with Gasteiger partial charge in [-0.2, -0.15) is 0 Å². The summed E-state index contributed by atoms with van der Waals surface area (Å²) in [4.78, 5) is 40.2. The number of nitrogens with one attached hydrogen (secondary N) is 2. The molecule has 0 unspecified atom stereocenters. The summed E-state index contributed by atoms with van der Waals surface area (Å²) in [6.45, 7) is 12.3. The molecule has 1 aliphatic heterocycles. The Labute approximate surface area is 261 Å². The molecule has 238 valence electrons. The van der Waals surface area contributed by atoms with Crippen LogP contribution >= 0.6 is 0 Å². The average molecular weight is 607 g/mol. The zero-order valence-corrected chi connectivity index (χ0v) is 26.6. The second kappa shape index (κ2) is 19.9. The molecular weight excluding hydrogens is 559 g/mol. The molecule has 0 atom stereocenters. The molecule has 0 spiro atoms. The molecule has 0 aromatic heterocycles. The Morgan fingerprint density at radius 1 is 0.932 bits per heavy atom. The van der Waals surface area contributed by atoms with Crippen LogP contribution in [0.15, 0.2) is 72.8 Å². The van der Waals surface area contributed by atoms with Gasteiger partial charge in [0.1, 0.15) is 23.9 Å². The zero-order chi connectivity index (χ0) is 32.3. The minimum absolute atomic E-state index is 0.0464. The minimum Gasteiger partial charge on any atom is -0.457 e. The summed E-state index contributed by atoms with van der Waals surface area (Å²) in [6, 6.07) is 21.1. The summed E-state index contributed by atoms with van der Waals surface area (Å²) in [7, 11) is 0. The fourth-order valence-electron chi connectivity index (χ4n) is 4.52. The molecule has 3 amide bonds. The van der Waals surface area contributed by atoms with Crippen molar-refractivity contribution in [3.05, 3.63) is 89.7 Å². The van der Waals surface area contributed by atoms with Crippen LogP contribution in [-0.2, 0) is 20.9 Å². The number of benzene rings is 3. The lowest BCUT2D eigenvalue weighted by Gasteiger charge is -2.32. The van der Waals surface area contributed by atoms with Crippen LogP contribution in [0.1, 0.15) is 58.1 Å². The third-order valence-electron chi connectivity index (χ3n) is 6.57. The highest BCUT2D eigenvalue weighted by atomic mass is 19.1. The number of hydrogen-bond acceptors (Lipinski definition) is 5. The maximum Gasteiger partial charge on any atom is 0.244 e. The first-order chi connectivity index (χ1) is 21.3. The van der Waals surface area contributed by atoms with Gasteiger partial charge in [0.25, 0.3) is 0 Å². The van der Waals surface area contributed by atoms with Crippen molar-refractivity contribution in [1.29, 1.82) is 0 Å². The van der Waals surface area contributed by atoms with Crippen molar-refractivity contribution < 1.29 is 23.5 Å². The number of nitrogens with zero attached hydrogens (tertiary/aromatic N) is 2. The van der Waals surface area contributed by atoms with Crippen LogP contribution in [-0.4, -0.2) is 60.2 Å². The number of hydrogen-bond donors (Lipinski definition) is 2. The standard InChI is InChI=1S/C30H33FN4O4.C3H8.C2H6/c1-22-17-27(39-26-9-7-24(31)8-10-26)11-12-28(22)33-30(38)20-35(21-36)19-29(37)32-25-13-15-34(16-14-25)18-23-5-3-2-4-6-23;1-3-2;1-2/h2-12,17,21,25H,13-16,18-20H2,1H3,(H,32,37)(H,33,38);3H2,1-2H3;1-2H3. The van der Waals surface area contributed by atoms with E-state index in [0.29, 0.717) is 23.6 Å². The van der Waals surface area contributed by atoms with E-state index in [4.69, 9.17) is 4.74 Å². The summed E-state index contributed by atoms with van der Waals surface area (Å²) in [6.07, 6.45) is 3.43. The largest absolute Gasteiger partial charge is 0.457 e. The first-order valence-electron chi connectivity index (χ1n) is 15.4. The summed E-state index contributed by atoms with van der Waals surface area (Å²) in [5, 5.41) is 5.77. The molecule has 0 bridgehead atoms. The molecule has 0 radical (unpaired) electrons. The van der Waals surface area contributed by atoms with Crippen LogP contribution < -0.4 is 15.4 Å². The molecule has 4 rings (SSSR count). The number of aryl methyl sites for hydroxylation is 1. The molecule has 2 N–H and O–H groups in total. The average Bonchev–Trinajstić information content (AvgIpc) is 3.02. The van der Waals surface area contributed by atoms with E-state index in [1.54, 1.807) is 18.2 Å². The number of piperidine rings is 1. The fraction of sp³-hybridized carbons (Fsp3) is 0.400. The molecule has 1 heterocycles. The van der Waals surface area contributed by atoms with Gasteiger partial charge in [0.05, 0.1) is 6.54 Å². The van der Waals surface area contributed by atoms with Crippen molar-refractivity contribution in [2.24, 2.45) is 0 Å². The second-order valence-corrected chi connectivity index (χ2v) is 10.4. The van der Waals surface area contributed by atoms with E-state index in [9.17, 15) is 18.8 Å². The SMILES string of the molecule is CC.CCC.Cc1cc(Oc2ccc(F)cc2)ccc1NC(=O)CN(C=O)CC(=O)NC1CCN(Cc2ccccc2)CC1. The Kier molecular flexibility index (Phi) is 16.2. The summed E-state index contributed by atoms with van der Waals surface area (Å²) >= 11 is 0. The molecule has 1 aliphatic rings. The number of ether oxygens (including phenoxy) is 1. The highest BCUT2D eigenvalue weighted by Crippen LogP contribution is 2.26. The fourth-order valence-corrected chi connectivity index (χ4v) is 4.52. The Morgan fingerprint density at radius 3 is 2.11 bits per heavy atom. The van der Waals surface area contributed by atoms with Gasteiger partial charge in [-0.25, -0.2) is 4.39 Å². The van der Waals surface area contributed by atoms with E-state index < -0.39 is 5.91 Å². The zero-order valence-electron chi connectivity index (χ0n) is 26.6. The maximum atomic E-state index is 13.1. The van der Waals surface area contributed by atoms with E-state index in [0.717, 1.165) is 42.9 Å². The molecule has 9 heteroatoms. The quantitative estimate of drug-likeness (QED) is 0.242. The minimum atomic E-state index is -0.417. The molecule has 1 fully saturated rings. The number of carbonyl (C=O) groups is 3. The van der Waals surface area contributed by atoms with Gasteiger partial charge in [-0.3, -0.25) is 19.3 Å². The van der Waals surface area contributed by atoms with E-state index in [1.165, 1.54) is 36.2 Å². The van der Waals surface area contributed by atoms with E-state index in [-0.39, 0.29) is 30.9 Å². The van der Waals surface area contributed by atoms with Crippen LogP contribution in [0.2, 0.25) is 0 Å². The number of halogens is 1. The topological polar surface area (TPSA) is 91.0 Å². The van der Waals surface area contributed by atoms with Crippen LogP contribution in [0.4, 0.5) is 10.1 Å². The van der Waals surface area contributed by atoms with E-state index in [2.05, 4.69) is 41.5 Å². The predicted molar refractivity (Wildman–Crippen MR) is 174 cm³/mol. The van der Waals surface area contributed by atoms with Crippen LogP contribution in [0.3, 0.4) is 0 Å². The van der Waals surface area contributed by atoms with Crippen molar-refractivity contribution in [2.75, 3.05) is 31.5 Å². The van der Waals surface area contributed by atoms with Gasteiger partial charge in [0.2, 0.25) is 18.2 Å². The van der Waals surface area contributed by atoms with Gasteiger partial charge < -0.3 is 20.3 Å².